The first-order valence-corrected chi connectivity index (χ1v) is 2.63. The van der Waals surface area contributed by atoms with Crippen molar-refractivity contribution in [2.75, 3.05) is 7.05 Å². The van der Waals surface area contributed by atoms with Crippen LogP contribution < -0.4 is 0 Å². The van der Waals surface area contributed by atoms with Gasteiger partial charge in [-0.05, 0) is 31.9 Å². The van der Waals surface area contributed by atoms with Crippen molar-refractivity contribution in [2.24, 2.45) is 4.99 Å². The fourth-order valence-electron chi connectivity index (χ4n) is 0. The highest BCUT2D eigenvalue weighted by molar-refractivity contribution is 9.39. The Labute approximate surface area is 47.7 Å². The van der Waals surface area contributed by atoms with Crippen LogP contribution in [0, 0.1) is 0 Å². The molecule has 0 bridgehead atoms. The summed E-state index contributed by atoms with van der Waals surface area (Å²) in [6.07, 6.45) is 0. The second kappa shape index (κ2) is 2.85. The molecule has 0 fully saturated rings. The van der Waals surface area contributed by atoms with Gasteiger partial charge in [0.05, 0.1) is 0 Å². The highest BCUT2D eigenvalue weighted by Gasteiger charge is 1.69. The minimum atomic E-state index is 0.755. The van der Waals surface area contributed by atoms with E-state index in [4.69, 9.17) is 0 Å². The van der Waals surface area contributed by atoms with Crippen LogP contribution in [0.4, 0.5) is 0 Å². The van der Waals surface area contributed by atoms with Crippen LogP contribution in [0.3, 0.4) is 0 Å². The third-order valence-corrected chi connectivity index (χ3v) is 0.878. The summed E-state index contributed by atoms with van der Waals surface area (Å²) >= 11 is 6.08. The van der Waals surface area contributed by atoms with Crippen LogP contribution in [0.2, 0.25) is 0 Å². The second-order valence-corrected chi connectivity index (χ2v) is 3.03. The fraction of sp³-hybridized carbons (Fsp3) is 0.500. The van der Waals surface area contributed by atoms with Gasteiger partial charge in [-0.2, -0.15) is 0 Å². The molecule has 0 N–H and O–H groups in total. The van der Waals surface area contributed by atoms with E-state index in [1.807, 2.05) is 0 Å². The van der Waals surface area contributed by atoms with Crippen molar-refractivity contribution in [1.82, 2.24) is 0 Å². The number of nitrogens with zero attached hydrogens (tertiary/aromatic N) is 1. The Morgan fingerprint density at radius 1 is 1.60 bits per heavy atom. The predicted octanol–water partition coefficient (Wildman–Crippen LogP) is 1.76. The summed E-state index contributed by atoms with van der Waals surface area (Å²) in [7, 11) is 1.69. The average molecular weight is 201 g/mol. The van der Waals surface area contributed by atoms with E-state index in [1.54, 1.807) is 7.05 Å². The maximum absolute atomic E-state index is 3.64. The van der Waals surface area contributed by atoms with Gasteiger partial charge >= 0.3 is 0 Å². The standard InChI is InChI=1S/C2H3Br2N/c1-5-2(3)4/h1H3. The highest BCUT2D eigenvalue weighted by Crippen LogP contribution is 1.94. The lowest BCUT2D eigenvalue weighted by Gasteiger charge is -1.68. The van der Waals surface area contributed by atoms with E-state index < -0.39 is 0 Å². The summed E-state index contributed by atoms with van der Waals surface area (Å²) in [6.45, 7) is 0. The van der Waals surface area contributed by atoms with Gasteiger partial charge in [0.2, 0.25) is 0 Å². The van der Waals surface area contributed by atoms with Crippen LogP contribution in [0.15, 0.2) is 4.99 Å². The molecule has 1 nitrogen and oxygen atoms in total. The zero-order chi connectivity index (χ0) is 4.28. The summed E-state index contributed by atoms with van der Waals surface area (Å²) in [5.74, 6) is 0. The molecule has 0 unspecified atom stereocenters. The molecule has 5 heavy (non-hydrogen) atoms. The highest BCUT2D eigenvalue weighted by atomic mass is 79.9. The van der Waals surface area contributed by atoms with Crippen LogP contribution >= 0.6 is 31.9 Å². The van der Waals surface area contributed by atoms with Gasteiger partial charge in [-0.1, -0.05) is 0 Å². The Kier molecular flexibility index (Phi) is 3.20. The number of hydrogen-bond acceptors (Lipinski definition) is 1. The number of aliphatic imine (C=N–C) groups is 1. The lowest BCUT2D eigenvalue weighted by molar-refractivity contribution is 1.49. The van der Waals surface area contributed by atoms with Crippen LogP contribution in [0.1, 0.15) is 0 Å². The summed E-state index contributed by atoms with van der Waals surface area (Å²) in [5, 5.41) is 0. The van der Waals surface area contributed by atoms with Crippen LogP contribution in [0.25, 0.3) is 0 Å². The zero-order valence-corrected chi connectivity index (χ0v) is 5.88. The molecule has 0 aliphatic heterocycles. The quantitative estimate of drug-likeness (QED) is 0.529. The fourth-order valence-corrected chi connectivity index (χ4v) is 0. The van der Waals surface area contributed by atoms with Gasteiger partial charge in [0.25, 0.3) is 0 Å². The normalized spacial score (nSPS) is 7.00. The maximum atomic E-state index is 3.64. The monoisotopic (exact) mass is 199 g/mol. The van der Waals surface area contributed by atoms with E-state index in [0.29, 0.717) is 0 Å². The topological polar surface area (TPSA) is 12.4 Å². The van der Waals surface area contributed by atoms with Gasteiger partial charge < -0.3 is 0 Å². The molecule has 0 radical (unpaired) electrons. The summed E-state index contributed by atoms with van der Waals surface area (Å²) in [4.78, 5) is 3.64. The Morgan fingerprint density at radius 3 is 1.80 bits per heavy atom. The minimum absolute atomic E-state index is 0.755. The molecule has 0 aromatic rings. The Morgan fingerprint density at radius 2 is 1.80 bits per heavy atom. The van der Waals surface area contributed by atoms with Crippen molar-refractivity contribution >= 4 is 35.4 Å². The van der Waals surface area contributed by atoms with Crippen molar-refractivity contribution in [3.05, 3.63) is 0 Å². The first-order valence-electron chi connectivity index (χ1n) is 1.05. The van der Waals surface area contributed by atoms with Crippen molar-refractivity contribution in [3.63, 3.8) is 0 Å². The number of rotatable bonds is 0. The smallest absolute Gasteiger partial charge is 0.143 e. The second-order valence-electron chi connectivity index (χ2n) is 0.464. The molecule has 0 aromatic heterocycles. The zero-order valence-electron chi connectivity index (χ0n) is 2.70. The predicted molar refractivity (Wildman–Crippen MR) is 31.2 cm³/mol. The SMILES string of the molecule is CN=C(Br)Br. The van der Waals surface area contributed by atoms with Crippen molar-refractivity contribution < 1.29 is 0 Å². The molecule has 0 saturated carbocycles. The molecular formula is C2H3Br2N. The molecule has 0 rings (SSSR count). The van der Waals surface area contributed by atoms with Gasteiger partial charge in [0.1, 0.15) is 3.53 Å². The number of hydrogen-bond donors (Lipinski definition) is 0. The van der Waals surface area contributed by atoms with Gasteiger partial charge in [-0.3, -0.25) is 4.99 Å². The molecule has 0 spiro atoms. The first kappa shape index (κ1) is 5.63. The molecule has 0 amide bonds. The van der Waals surface area contributed by atoms with Gasteiger partial charge in [-0.25, -0.2) is 0 Å². The lowest BCUT2D eigenvalue weighted by atomic mass is 11.4. The third kappa shape index (κ3) is 4.63. The van der Waals surface area contributed by atoms with E-state index in [-0.39, 0.29) is 0 Å². The van der Waals surface area contributed by atoms with E-state index in [0.717, 1.165) is 3.53 Å². The van der Waals surface area contributed by atoms with Gasteiger partial charge in [-0.15, -0.1) is 0 Å². The molecule has 3 heteroatoms. The van der Waals surface area contributed by atoms with E-state index in [1.165, 1.54) is 0 Å². The van der Waals surface area contributed by atoms with Gasteiger partial charge in [0.15, 0.2) is 0 Å². The number of halogens is 2. The summed E-state index contributed by atoms with van der Waals surface area (Å²) in [6, 6.07) is 0. The van der Waals surface area contributed by atoms with Crippen molar-refractivity contribution in [3.8, 4) is 0 Å². The Hall–Kier alpha value is 0.630. The van der Waals surface area contributed by atoms with Gasteiger partial charge in [0, 0.05) is 7.05 Å². The summed E-state index contributed by atoms with van der Waals surface area (Å²) in [5.41, 5.74) is 0. The Bertz CT molecular complexity index is 45.6. The molecule has 0 heterocycles. The van der Waals surface area contributed by atoms with Crippen LogP contribution in [-0.2, 0) is 0 Å². The average Bonchev–Trinajstić information content (AvgIpc) is 1.38. The van der Waals surface area contributed by atoms with E-state index in [9.17, 15) is 0 Å². The Balaban J connectivity index is 3.14. The van der Waals surface area contributed by atoms with Crippen LogP contribution in [0.5, 0.6) is 0 Å². The van der Waals surface area contributed by atoms with Crippen molar-refractivity contribution in [2.45, 2.75) is 0 Å². The molecule has 0 aliphatic carbocycles. The maximum Gasteiger partial charge on any atom is 0.143 e. The summed E-state index contributed by atoms with van der Waals surface area (Å²) < 4.78 is 0.755. The van der Waals surface area contributed by atoms with E-state index in [2.05, 4.69) is 36.9 Å². The molecule has 30 valence electrons. The first-order chi connectivity index (χ1) is 2.27. The van der Waals surface area contributed by atoms with Crippen LogP contribution in [-0.4, -0.2) is 10.6 Å². The largest absolute Gasteiger partial charge is 0.274 e. The molecule has 0 atom stereocenters. The molecule has 0 saturated heterocycles. The molecular weight excluding hydrogens is 198 g/mol. The molecule has 0 aliphatic rings. The minimum Gasteiger partial charge on any atom is -0.274 e. The lowest BCUT2D eigenvalue weighted by Crippen LogP contribution is -1.58. The van der Waals surface area contributed by atoms with E-state index >= 15 is 0 Å². The van der Waals surface area contributed by atoms with Crippen molar-refractivity contribution in [1.29, 1.82) is 0 Å². The third-order valence-electron chi connectivity index (χ3n) is 0.169. The molecule has 0 aromatic carbocycles.